The largest absolute Gasteiger partial charge is 0.508 e. The van der Waals surface area contributed by atoms with Crippen molar-refractivity contribution in [2.75, 3.05) is 46.3 Å². The first-order valence-electron chi connectivity index (χ1n) is 17.5. The van der Waals surface area contributed by atoms with Crippen LogP contribution in [0.3, 0.4) is 0 Å². The Morgan fingerprint density at radius 3 is 2.06 bits per heavy atom. The van der Waals surface area contributed by atoms with Crippen molar-refractivity contribution in [3.63, 3.8) is 0 Å². The van der Waals surface area contributed by atoms with Crippen LogP contribution in [0.25, 0.3) is 11.1 Å². The minimum absolute atomic E-state index is 0.0427. The Hall–Kier alpha value is -4.12. The van der Waals surface area contributed by atoms with E-state index >= 15 is 0 Å². The van der Waals surface area contributed by atoms with E-state index in [-0.39, 0.29) is 49.7 Å². The number of amides is 4. The number of carbonyl (C=O) groups is 4. The standard InChI is InChI=1S/C30H45N7O5.C3H9NO.C3H9N/c1-3-25(33)29(41)36-19-28(40)37(2)26(30(42)34-15-13-27(39)35-18-23(32)8-5-14-31)17-20-6-4-7-22(16-20)21-9-11-24(38)12-10-21;1-3(5)2-4;1-2-3-4/h4,6-7,9-12,16,23,25-26,38H,3,5,8,13-15,17-19,31-33H2,1-2H3,(H,34,42)(H,35,39)(H,36,41);3,5H,2,4H2,1H3;2-4H2,1H3. The number of aromatic hydroxyl groups is 1. The van der Waals surface area contributed by atoms with Crippen molar-refractivity contribution in [2.24, 2.45) is 28.7 Å². The number of phenolic OH excluding ortho intramolecular Hbond substituents is 1. The summed E-state index contributed by atoms with van der Waals surface area (Å²) in [5, 5.41) is 25.9. The van der Waals surface area contributed by atoms with Gasteiger partial charge < -0.3 is 59.7 Å². The smallest absolute Gasteiger partial charge is 0.243 e. The van der Waals surface area contributed by atoms with Gasteiger partial charge in [-0.25, -0.2) is 0 Å². The molecule has 0 aromatic heterocycles. The van der Waals surface area contributed by atoms with E-state index in [4.69, 9.17) is 33.8 Å². The predicted molar refractivity (Wildman–Crippen MR) is 202 cm³/mol. The summed E-state index contributed by atoms with van der Waals surface area (Å²) in [6.45, 7) is 7.26. The fraction of sp³-hybridized carbons (Fsp3) is 0.556. The zero-order valence-corrected chi connectivity index (χ0v) is 30.8. The summed E-state index contributed by atoms with van der Waals surface area (Å²) >= 11 is 0. The third-order valence-electron chi connectivity index (χ3n) is 7.53. The van der Waals surface area contributed by atoms with Crippen molar-refractivity contribution in [1.82, 2.24) is 20.9 Å². The number of carbonyl (C=O) groups excluding carboxylic acids is 4. The first kappa shape index (κ1) is 46.9. The molecule has 0 spiro atoms. The molecule has 2 aromatic rings. The van der Waals surface area contributed by atoms with E-state index in [2.05, 4.69) is 22.9 Å². The van der Waals surface area contributed by atoms with E-state index in [9.17, 15) is 24.3 Å². The van der Waals surface area contributed by atoms with Crippen LogP contribution in [0.5, 0.6) is 5.75 Å². The van der Waals surface area contributed by atoms with Crippen LogP contribution in [-0.2, 0) is 25.6 Å². The molecule has 2 aromatic carbocycles. The Morgan fingerprint density at radius 1 is 0.882 bits per heavy atom. The first-order valence-corrected chi connectivity index (χ1v) is 17.5. The van der Waals surface area contributed by atoms with E-state index in [1.807, 2.05) is 24.3 Å². The summed E-state index contributed by atoms with van der Waals surface area (Å²) < 4.78 is 0. The molecule has 0 aliphatic heterocycles. The van der Waals surface area contributed by atoms with E-state index < -0.39 is 29.8 Å². The maximum Gasteiger partial charge on any atom is 0.243 e. The van der Waals surface area contributed by atoms with E-state index in [0.717, 1.165) is 36.1 Å². The molecule has 51 heavy (non-hydrogen) atoms. The summed E-state index contributed by atoms with van der Waals surface area (Å²) in [5.74, 6) is -1.45. The molecular formula is C36H63N9O6. The topological polar surface area (TPSA) is 278 Å². The Kier molecular flexibility index (Phi) is 25.4. The lowest BCUT2D eigenvalue weighted by Crippen LogP contribution is -2.52. The van der Waals surface area contributed by atoms with Gasteiger partial charge in [-0.1, -0.05) is 50.2 Å². The summed E-state index contributed by atoms with van der Waals surface area (Å²) in [6.07, 6.45) is 2.88. The molecule has 288 valence electrons. The summed E-state index contributed by atoms with van der Waals surface area (Å²) in [7, 11) is 1.50. The monoisotopic (exact) mass is 717 g/mol. The van der Waals surface area contributed by atoms with Gasteiger partial charge in [0.25, 0.3) is 0 Å². The van der Waals surface area contributed by atoms with Gasteiger partial charge in [0, 0.05) is 45.6 Å². The van der Waals surface area contributed by atoms with Crippen LogP contribution in [0.15, 0.2) is 48.5 Å². The second-order valence-electron chi connectivity index (χ2n) is 12.1. The van der Waals surface area contributed by atoms with Crippen molar-refractivity contribution in [3.8, 4) is 16.9 Å². The van der Waals surface area contributed by atoms with Gasteiger partial charge in [-0.3, -0.25) is 19.2 Å². The molecule has 4 amide bonds. The molecule has 0 saturated heterocycles. The molecule has 15 N–H and O–H groups in total. The van der Waals surface area contributed by atoms with Gasteiger partial charge in [0.1, 0.15) is 11.8 Å². The summed E-state index contributed by atoms with van der Waals surface area (Å²) in [4.78, 5) is 52.0. The first-order chi connectivity index (χ1) is 24.2. The number of nitrogens with zero attached hydrogens (tertiary/aromatic N) is 1. The zero-order chi connectivity index (χ0) is 38.8. The maximum atomic E-state index is 13.3. The zero-order valence-electron chi connectivity index (χ0n) is 30.8. The van der Waals surface area contributed by atoms with Crippen LogP contribution in [-0.4, -0.2) is 109 Å². The molecule has 4 unspecified atom stereocenters. The Labute approximate surface area is 303 Å². The Balaban J connectivity index is 0.00000246. The van der Waals surface area contributed by atoms with Crippen LogP contribution < -0.4 is 44.6 Å². The fourth-order valence-corrected chi connectivity index (χ4v) is 4.17. The van der Waals surface area contributed by atoms with Crippen LogP contribution in [0, 0.1) is 0 Å². The predicted octanol–water partition coefficient (Wildman–Crippen LogP) is -0.348. The third-order valence-corrected chi connectivity index (χ3v) is 7.53. The van der Waals surface area contributed by atoms with Crippen LogP contribution in [0.1, 0.15) is 58.4 Å². The van der Waals surface area contributed by atoms with Crippen molar-refractivity contribution in [2.45, 2.75) is 83.5 Å². The van der Waals surface area contributed by atoms with E-state index in [1.54, 1.807) is 38.1 Å². The number of benzene rings is 2. The van der Waals surface area contributed by atoms with E-state index in [1.165, 1.54) is 11.9 Å². The molecule has 0 aliphatic carbocycles. The van der Waals surface area contributed by atoms with Gasteiger partial charge in [0.05, 0.1) is 18.7 Å². The molecule has 0 fully saturated rings. The second kappa shape index (κ2) is 27.6. The minimum Gasteiger partial charge on any atom is -0.508 e. The normalized spacial score (nSPS) is 12.7. The quantitative estimate of drug-likeness (QED) is 0.0897. The third kappa shape index (κ3) is 21.0. The van der Waals surface area contributed by atoms with Gasteiger partial charge in [-0.2, -0.15) is 0 Å². The molecule has 0 aliphatic rings. The molecular weight excluding hydrogens is 654 g/mol. The average molecular weight is 718 g/mol. The number of phenols is 1. The van der Waals surface area contributed by atoms with Gasteiger partial charge in [-0.15, -0.1) is 0 Å². The number of likely N-dealkylation sites (N-methyl/N-ethyl adjacent to an activating group) is 1. The Morgan fingerprint density at radius 2 is 1.51 bits per heavy atom. The molecule has 15 heteroatoms. The van der Waals surface area contributed by atoms with Crippen molar-refractivity contribution < 1.29 is 29.4 Å². The minimum atomic E-state index is -0.919. The molecule has 0 heterocycles. The average Bonchev–Trinajstić information content (AvgIpc) is 3.14. The molecule has 0 saturated carbocycles. The highest BCUT2D eigenvalue weighted by Gasteiger charge is 2.28. The second-order valence-corrected chi connectivity index (χ2v) is 12.1. The molecule has 2 rings (SSSR count). The molecule has 4 atom stereocenters. The van der Waals surface area contributed by atoms with Gasteiger partial charge in [-0.05, 0) is 74.5 Å². The van der Waals surface area contributed by atoms with Crippen molar-refractivity contribution in [1.29, 1.82) is 0 Å². The van der Waals surface area contributed by atoms with Gasteiger partial charge in [0.15, 0.2) is 0 Å². The number of aliphatic hydroxyl groups excluding tert-OH is 1. The van der Waals surface area contributed by atoms with Crippen LogP contribution in [0.4, 0.5) is 0 Å². The maximum absolute atomic E-state index is 13.3. The van der Waals surface area contributed by atoms with Crippen LogP contribution >= 0.6 is 0 Å². The van der Waals surface area contributed by atoms with Gasteiger partial charge in [0.2, 0.25) is 23.6 Å². The number of hydrogen-bond donors (Lipinski definition) is 10. The lowest BCUT2D eigenvalue weighted by Gasteiger charge is -2.28. The Bertz CT molecular complexity index is 1280. The van der Waals surface area contributed by atoms with Crippen LogP contribution in [0.2, 0.25) is 0 Å². The van der Waals surface area contributed by atoms with Crippen molar-refractivity contribution in [3.05, 3.63) is 54.1 Å². The molecule has 0 bridgehead atoms. The van der Waals surface area contributed by atoms with E-state index in [0.29, 0.717) is 32.5 Å². The lowest BCUT2D eigenvalue weighted by atomic mass is 9.98. The highest BCUT2D eigenvalue weighted by molar-refractivity contribution is 5.91. The number of nitrogens with two attached hydrogens (primary N) is 5. The number of rotatable bonds is 19. The summed E-state index contributed by atoms with van der Waals surface area (Å²) in [5.41, 5.74) is 29.7. The number of hydrogen-bond acceptors (Lipinski definition) is 11. The fourth-order valence-electron chi connectivity index (χ4n) is 4.17. The SMILES string of the molecule is CC(O)CN.CCC(N)C(=O)NCC(=O)N(C)C(Cc1cccc(-c2ccc(O)cc2)c1)C(=O)NCCC(=O)NCC(N)CCCN.CCCN. The summed E-state index contributed by atoms with van der Waals surface area (Å²) in [6, 6.07) is 12.4. The lowest BCUT2D eigenvalue weighted by molar-refractivity contribution is -0.139. The van der Waals surface area contributed by atoms with Crippen molar-refractivity contribution >= 4 is 23.6 Å². The molecule has 15 nitrogen and oxygen atoms in total. The molecule has 0 radical (unpaired) electrons. The number of aliphatic hydroxyl groups is 1. The van der Waals surface area contributed by atoms with Gasteiger partial charge >= 0.3 is 0 Å². The highest BCUT2D eigenvalue weighted by Crippen LogP contribution is 2.23. The highest BCUT2D eigenvalue weighted by atomic mass is 16.3. The number of nitrogens with one attached hydrogen (secondary N) is 3.